The summed E-state index contributed by atoms with van der Waals surface area (Å²) in [7, 11) is -3.51. The SMILES string of the molecule is Cc1ccccc1-c1cc(CC(CCC2CCCCC2)COS(C)(=O)=O)ccc1C(=O)O. The van der Waals surface area contributed by atoms with E-state index in [1.54, 1.807) is 6.07 Å². The van der Waals surface area contributed by atoms with Crippen LogP contribution in [0.3, 0.4) is 0 Å². The molecule has 2 aromatic carbocycles. The Morgan fingerprint density at radius 1 is 1.09 bits per heavy atom. The molecule has 1 unspecified atom stereocenters. The van der Waals surface area contributed by atoms with Crippen LogP contribution < -0.4 is 0 Å². The first kappa shape index (κ1) is 24.5. The van der Waals surface area contributed by atoms with Gasteiger partial charge in [-0.15, -0.1) is 0 Å². The van der Waals surface area contributed by atoms with Gasteiger partial charge < -0.3 is 5.11 Å². The highest BCUT2D eigenvalue weighted by atomic mass is 32.2. The Bertz CT molecular complexity index is 1020. The zero-order chi connectivity index (χ0) is 23.1. The van der Waals surface area contributed by atoms with Crippen LogP contribution in [-0.2, 0) is 20.7 Å². The Hall–Kier alpha value is -2.18. The molecule has 1 aliphatic carbocycles. The number of aryl methyl sites for hydroxylation is 1. The first-order chi connectivity index (χ1) is 15.2. The van der Waals surface area contributed by atoms with Crippen LogP contribution >= 0.6 is 0 Å². The Labute approximate surface area is 191 Å². The summed E-state index contributed by atoms with van der Waals surface area (Å²) in [4.78, 5) is 11.8. The Morgan fingerprint density at radius 2 is 1.81 bits per heavy atom. The normalized spacial score (nSPS) is 16.1. The average molecular weight is 459 g/mol. The molecule has 2 aromatic rings. The van der Waals surface area contributed by atoms with E-state index in [1.807, 2.05) is 43.3 Å². The van der Waals surface area contributed by atoms with Crippen molar-refractivity contribution in [3.63, 3.8) is 0 Å². The van der Waals surface area contributed by atoms with Crippen LogP contribution in [0.15, 0.2) is 42.5 Å². The number of carbonyl (C=O) groups is 1. The van der Waals surface area contributed by atoms with Crippen molar-refractivity contribution in [3.05, 3.63) is 59.2 Å². The van der Waals surface area contributed by atoms with E-state index in [9.17, 15) is 18.3 Å². The number of carboxylic acid groups (broad SMARTS) is 1. The van der Waals surface area contributed by atoms with E-state index < -0.39 is 16.1 Å². The first-order valence-electron chi connectivity index (χ1n) is 11.5. The molecule has 0 amide bonds. The molecule has 0 bridgehead atoms. The zero-order valence-corrected chi connectivity index (χ0v) is 19.9. The maximum absolute atomic E-state index is 11.8. The number of rotatable bonds is 10. The van der Waals surface area contributed by atoms with Gasteiger partial charge in [-0.05, 0) is 59.9 Å². The molecule has 1 fully saturated rings. The maximum atomic E-state index is 11.8. The van der Waals surface area contributed by atoms with Crippen molar-refractivity contribution in [2.24, 2.45) is 11.8 Å². The molecule has 6 heteroatoms. The minimum Gasteiger partial charge on any atom is -0.478 e. The summed E-state index contributed by atoms with van der Waals surface area (Å²) in [6, 6.07) is 13.2. The number of hydrogen-bond donors (Lipinski definition) is 1. The lowest BCUT2D eigenvalue weighted by molar-refractivity contribution is 0.0697. The van der Waals surface area contributed by atoms with Gasteiger partial charge in [-0.1, -0.05) is 74.9 Å². The fourth-order valence-electron chi connectivity index (χ4n) is 4.75. The molecule has 3 rings (SSSR count). The fraction of sp³-hybridized carbons (Fsp3) is 0.500. The van der Waals surface area contributed by atoms with E-state index in [2.05, 4.69) is 0 Å². The van der Waals surface area contributed by atoms with Gasteiger partial charge in [-0.25, -0.2) is 4.79 Å². The van der Waals surface area contributed by atoms with Gasteiger partial charge in [0.25, 0.3) is 10.1 Å². The molecule has 0 saturated heterocycles. The highest BCUT2D eigenvalue weighted by molar-refractivity contribution is 7.85. The third kappa shape index (κ3) is 7.17. The summed E-state index contributed by atoms with van der Waals surface area (Å²) in [6.45, 7) is 2.13. The molecule has 1 saturated carbocycles. The molecule has 1 aliphatic rings. The van der Waals surface area contributed by atoms with E-state index in [4.69, 9.17) is 4.18 Å². The van der Waals surface area contributed by atoms with Crippen molar-refractivity contribution in [3.8, 4) is 11.1 Å². The van der Waals surface area contributed by atoms with Crippen LogP contribution in [-0.4, -0.2) is 32.4 Å². The molecule has 5 nitrogen and oxygen atoms in total. The number of carboxylic acids is 1. The molecule has 0 heterocycles. The monoisotopic (exact) mass is 458 g/mol. The predicted octanol–water partition coefficient (Wildman–Crippen LogP) is 5.86. The largest absolute Gasteiger partial charge is 0.478 e. The average Bonchev–Trinajstić information content (AvgIpc) is 2.76. The number of benzene rings is 2. The highest BCUT2D eigenvalue weighted by Gasteiger charge is 2.20. The van der Waals surface area contributed by atoms with Gasteiger partial charge in [0, 0.05) is 0 Å². The van der Waals surface area contributed by atoms with Crippen LogP contribution in [0.2, 0.25) is 0 Å². The molecule has 1 N–H and O–H groups in total. The van der Waals surface area contributed by atoms with Gasteiger partial charge in [-0.3, -0.25) is 4.18 Å². The molecule has 0 radical (unpaired) electrons. The zero-order valence-electron chi connectivity index (χ0n) is 19.0. The first-order valence-corrected chi connectivity index (χ1v) is 13.3. The van der Waals surface area contributed by atoms with Crippen molar-refractivity contribution in [1.82, 2.24) is 0 Å². The van der Waals surface area contributed by atoms with E-state index in [-0.39, 0.29) is 18.1 Å². The third-order valence-corrected chi connectivity index (χ3v) is 7.06. The summed E-state index contributed by atoms with van der Waals surface area (Å²) in [5, 5.41) is 9.71. The van der Waals surface area contributed by atoms with Gasteiger partial charge in [0.05, 0.1) is 18.4 Å². The van der Waals surface area contributed by atoms with Gasteiger partial charge in [0.2, 0.25) is 0 Å². The van der Waals surface area contributed by atoms with Crippen molar-refractivity contribution in [2.75, 3.05) is 12.9 Å². The van der Waals surface area contributed by atoms with Crippen LogP contribution in [0.1, 0.15) is 66.4 Å². The van der Waals surface area contributed by atoms with E-state index >= 15 is 0 Å². The van der Waals surface area contributed by atoms with Crippen LogP contribution in [0.4, 0.5) is 0 Å². The summed E-state index contributed by atoms with van der Waals surface area (Å²) in [5.41, 5.74) is 3.88. The lowest BCUT2D eigenvalue weighted by atomic mass is 9.83. The lowest BCUT2D eigenvalue weighted by Gasteiger charge is -2.24. The van der Waals surface area contributed by atoms with E-state index in [1.165, 1.54) is 32.1 Å². The van der Waals surface area contributed by atoms with Gasteiger partial charge in [-0.2, -0.15) is 8.42 Å². The lowest BCUT2D eigenvalue weighted by Crippen LogP contribution is -2.18. The van der Waals surface area contributed by atoms with E-state index in [0.717, 1.165) is 35.8 Å². The number of hydrogen-bond acceptors (Lipinski definition) is 4. The Kier molecular flexibility index (Phi) is 8.49. The quantitative estimate of drug-likeness (QED) is 0.451. The van der Waals surface area contributed by atoms with Crippen molar-refractivity contribution in [1.29, 1.82) is 0 Å². The van der Waals surface area contributed by atoms with Crippen LogP contribution in [0, 0.1) is 18.8 Å². The second kappa shape index (κ2) is 11.1. The minimum atomic E-state index is -3.51. The second-order valence-electron chi connectivity index (χ2n) is 9.14. The van der Waals surface area contributed by atoms with Crippen molar-refractivity contribution >= 4 is 16.1 Å². The number of aromatic carboxylic acids is 1. The molecule has 0 aliphatic heterocycles. The summed E-state index contributed by atoms with van der Waals surface area (Å²) < 4.78 is 28.4. The molecule has 0 aromatic heterocycles. The molecular formula is C26H34O5S. The fourth-order valence-corrected chi connectivity index (χ4v) is 5.19. The molecule has 174 valence electrons. The minimum absolute atomic E-state index is 0.0621. The summed E-state index contributed by atoms with van der Waals surface area (Å²) in [6.07, 6.45) is 10.1. The van der Waals surface area contributed by atoms with Gasteiger partial charge in [0.1, 0.15) is 0 Å². The maximum Gasteiger partial charge on any atom is 0.336 e. The molecule has 0 spiro atoms. The van der Waals surface area contributed by atoms with E-state index in [0.29, 0.717) is 17.9 Å². The van der Waals surface area contributed by atoms with Crippen molar-refractivity contribution < 1.29 is 22.5 Å². The molecule has 32 heavy (non-hydrogen) atoms. The molecule has 1 atom stereocenters. The van der Waals surface area contributed by atoms with Crippen LogP contribution in [0.25, 0.3) is 11.1 Å². The summed E-state index contributed by atoms with van der Waals surface area (Å²) in [5.74, 6) is -0.183. The highest BCUT2D eigenvalue weighted by Crippen LogP contribution is 2.32. The Morgan fingerprint density at radius 3 is 2.47 bits per heavy atom. The predicted molar refractivity (Wildman–Crippen MR) is 127 cm³/mol. The van der Waals surface area contributed by atoms with Gasteiger partial charge in [0.15, 0.2) is 0 Å². The summed E-state index contributed by atoms with van der Waals surface area (Å²) >= 11 is 0. The van der Waals surface area contributed by atoms with Crippen molar-refractivity contribution in [2.45, 2.75) is 58.3 Å². The third-order valence-electron chi connectivity index (χ3n) is 6.50. The second-order valence-corrected chi connectivity index (χ2v) is 10.8. The standard InChI is InChI=1S/C26H34O5S/c1-19-8-6-7-11-23(19)25-17-21(14-15-24(25)26(27)28)16-22(18-31-32(2,29)30)13-12-20-9-4-3-5-10-20/h6-8,11,14-15,17,20,22H,3-5,9-10,12-13,16,18H2,1-2H3,(H,27,28). The smallest absolute Gasteiger partial charge is 0.336 e. The molecular weight excluding hydrogens is 424 g/mol. The van der Waals surface area contributed by atoms with Gasteiger partial charge >= 0.3 is 5.97 Å². The Balaban J connectivity index is 1.82. The topological polar surface area (TPSA) is 80.7 Å². The van der Waals surface area contributed by atoms with Crippen LogP contribution in [0.5, 0.6) is 0 Å².